The van der Waals surface area contributed by atoms with E-state index < -0.39 is 0 Å². The van der Waals surface area contributed by atoms with Gasteiger partial charge in [-0.15, -0.1) is 0 Å². The molecule has 70 valence electrons. The number of rotatable bonds is 4. The molecule has 2 heteroatoms. The zero-order valence-corrected chi connectivity index (χ0v) is 7.71. The molecule has 2 nitrogen and oxygen atoms in total. The Morgan fingerprint density at radius 1 is 1.25 bits per heavy atom. The van der Waals surface area contributed by atoms with Gasteiger partial charge in [0.15, 0.2) is 0 Å². The summed E-state index contributed by atoms with van der Waals surface area (Å²) < 4.78 is 0. The predicted molar refractivity (Wildman–Crippen MR) is 49.0 cm³/mol. The van der Waals surface area contributed by atoms with E-state index in [9.17, 15) is 0 Å². The van der Waals surface area contributed by atoms with E-state index in [1.54, 1.807) is 0 Å². The van der Waals surface area contributed by atoms with Crippen molar-refractivity contribution >= 4 is 0 Å². The van der Waals surface area contributed by atoms with Crippen LogP contribution in [0.2, 0.25) is 0 Å². The largest absolute Gasteiger partial charge is 0.395 e. The lowest BCUT2D eigenvalue weighted by Crippen LogP contribution is -2.33. The van der Waals surface area contributed by atoms with Crippen LogP contribution in [0.4, 0.5) is 0 Å². The van der Waals surface area contributed by atoms with Crippen molar-refractivity contribution in [2.75, 3.05) is 19.7 Å². The Hall–Kier alpha value is -0.0800. The van der Waals surface area contributed by atoms with Crippen LogP contribution in [-0.2, 0) is 0 Å². The SMILES string of the molecule is OCC1CCCN1CCC1CC1. The van der Waals surface area contributed by atoms with Crippen molar-refractivity contribution in [3.63, 3.8) is 0 Å². The van der Waals surface area contributed by atoms with Crippen LogP contribution in [-0.4, -0.2) is 35.7 Å². The first-order chi connectivity index (χ1) is 5.90. The summed E-state index contributed by atoms with van der Waals surface area (Å²) >= 11 is 0. The molecule has 0 spiro atoms. The van der Waals surface area contributed by atoms with E-state index in [0.29, 0.717) is 12.6 Å². The molecule has 2 fully saturated rings. The minimum absolute atomic E-state index is 0.366. The molecular weight excluding hydrogens is 150 g/mol. The van der Waals surface area contributed by atoms with Crippen LogP contribution in [0, 0.1) is 5.92 Å². The van der Waals surface area contributed by atoms with Gasteiger partial charge >= 0.3 is 0 Å². The maximum Gasteiger partial charge on any atom is 0.0586 e. The van der Waals surface area contributed by atoms with E-state index >= 15 is 0 Å². The summed E-state index contributed by atoms with van der Waals surface area (Å²) in [6.07, 6.45) is 6.78. The molecule has 0 bridgehead atoms. The lowest BCUT2D eigenvalue weighted by molar-refractivity contribution is 0.156. The van der Waals surface area contributed by atoms with Gasteiger partial charge in [0.1, 0.15) is 0 Å². The molecule has 1 aliphatic carbocycles. The Balaban J connectivity index is 1.69. The lowest BCUT2D eigenvalue weighted by Gasteiger charge is -2.22. The second-order valence-corrected chi connectivity index (χ2v) is 4.25. The summed E-state index contributed by atoms with van der Waals surface area (Å²) in [5, 5.41) is 9.08. The van der Waals surface area contributed by atoms with Crippen molar-refractivity contribution < 1.29 is 5.11 Å². The molecule has 12 heavy (non-hydrogen) atoms. The van der Waals surface area contributed by atoms with Gasteiger partial charge in [-0.2, -0.15) is 0 Å². The van der Waals surface area contributed by atoms with Gasteiger partial charge in [0, 0.05) is 6.04 Å². The fraction of sp³-hybridized carbons (Fsp3) is 1.00. The minimum Gasteiger partial charge on any atom is -0.395 e. The van der Waals surface area contributed by atoms with Crippen LogP contribution in [0.5, 0.6) is 0 Å². The maximum atomic E-state index is 9.08. The average molecular weight is 169 g/mol. The van der Waals surface area contributed by atoms with Crippen LogP contribution in [0.15, 0.2) is 0 Å². The molecular formula is C10H19NO. The van der Waals surface area contributed by atoms with Crippen LogP contribution in [0.25, 0.3) is 0 Å². The van der Waals surface area contributed by atoms with Crippen molar-refractivity contribution in [1.82, 2.24) is 4.90 Å². The third-order valence-corrected chi connectivity index (χ3v) is 3.23. The van der Waals surface area contributed by atoms with E-state index in [1.807, 2.05) is 0 Å². The molecule has 0 radical (unpaired) electrons. The summed E-state index contributed by atoms with van der Waals surface area (Å²) in [6.45, 7) is 2.82. The van der Waals surface area contributed by atoms with Gasteiger partial charge in [0.25, 0.3) is 0 Å². The van der Waals surface area contributed by atoms with Gasteiger partial charge in [-0.05, 0) is 38.3 Å². The number of likely N-dealkylation sites (tertiary alicyclic amines) is 1. The molecule has 0 aromatic rings. The third-order valence-electron chi connectivity index (χ3n) is 3.23. The molecule has 1 heterocycles. The van der Waals surface area contributed by atoms with E-state index in [4.69, 9.17) is 5.11 Å². The van der Waals surface area contributed by atoms with Gasteiger partial charge in [0.05, 0.1) is 6.61 Å². The summed E-state index contributed by atoms with van der Waals surface area (Å²) in [5.74, 6) is 1.03. The molecule has 0 aromatic carbocycles. The molecule has 2 aliphatic rings. The number of hydrogen-bond acceptors (Lipinski definition) is 2. The van der Waals surface area contributed by atoms with Crippen LogP contribution in [0.3, 0.4) is 0 Å². The molecule has 1 aliphatic heterocycles. The second kappa shape index (κ2) is 3.75. The summed E-state index contributed by atoms with van der Waals surface area (Å²) in [5.41, 5.74) is 0. The summed E-state index contributed by atoms with van der Waals surface area (Å²) in [6, 6.07) is 0.490. The Morgan fingerprint density at radius 2 is 2.08 bits per heavy atom. The normalized spacial score (nSPS) is 31.2. The highest BCUT2D eigenvalue weighted by Crippen LogP contribution is 2.33. The van der Waals surface area contributed by atoms with Gasteiger partial charge < -0.3 is 5.11 Å². The molecule has 1 N–H and O–H groups in total. The predicted octanol–water partition coefficient (Wildman–Crippen LogP) is 1.24. The number of nitrogens with zero attached hydrogens (tertiary/aromatic N) is 1. The highest BCUT2D eigenvalue weighted by atomic mass is 16.3. The van der Waals surface area contributed by atoms with E-state index in [0.717, 1.165) is 5.92 Å². The van der Waals surface area contributed by atoms with Gasteiger partial charge in [-0.1, -0.05) is 12.8 Å². The van der Waals surface area contributed by atoms with Crippen LogP contribution < -0.4 is 0 Å². The number of hydrogen-bond donors (Lipinski definition) is 1. The standard InChI is InChI=1S/C10H19NO/c12-8-10-2-1-6-11(10)7-5-9-3-4-9/h9-10,12H,1-8H2. The molecule has 1 atom stereocenters. The monoisotopic (exact) mass is 169 g/mol. The van der Waals surface area contributed by atoms with Crippen molar-refractivity contribution in [2.45, 2.75) is 38.1 Å². The molecule has 1 saturated carbocycles. The second-order valence-electron chi connectivity index (χ2n) is 4.25. The minimum atomic E-state index is 0.366. The number of aliphatic hydroxyl groups is 1. The van der Waals surface area contributed by atoms with Crippen LogP contribution >= 0.6 is 0 Å². The summed E-state index contributed by atoms with van der Waals surface area (Å²) in [4.78, 5) is 2.47. The molecule has 0 aromatic heterocycles. The smallest absolute Gasteiger partial charge is 0.0586 e. The van der Waals surface area contributed by atoms with Gasteiger partial charge in [0.2, 0.25) is 0 Å². The highest BCUT2D eigenvalue weighted by Gasteiger charge is 2.26. The van der Waals surface area contributed by atoms with Gasteiger partial charge in [-0.25, -0.2) is 0 Å². The lowest BCUT2D eigenvalue weighted by atomic mass is 10.2. The van der Waals surface area contributed by atoms with Crippen molar-refractivity contribution in [1.29, 1.82) is 0 Å². The van der Waals surface area contributed by atoms with Crippen LogP contribution in [0.1, 0.15) is 32.1 Å². The van der Waals surface area contributed by atoms with E-state index in [2.05, 4.69) is 4.90 Å². The molecule has 1 unspecified atom stereocenters. The topological polar surface area (TPSA) is 23.5 Å². The Bertz CT molecular complexity index is 145. The van der Waals surface area contributed by atoms with Crippen molar-refractivity contribution in [3.8, 4) is 0 Å². The Kier molecular flexibility index (Phi) is 2.66. The van der Waals surface area contributed by atoms with E-state index in [1.165, 1.54) is 45.2 Å². The highest BCUT2D eigenvalue weighted by molar-refractivity contribution is 4.81. The number of aliphatic hydroxyl groups excluding tert-OH is 1. The third kappa shape index (κ3) is 1.99. The van der Waals surface area contributed by atoms with Gasteiger partial charge in [-0.3, -0.25) is 4.90 Å². The zero-order chi connectivity index (χ0) is 8.39. The fourth-order valence-corrected chi connectivity index (χ4v) is 2.15. The maximum absolute atomic E-state index is 9.08. The molecule has 0 amide bonds. The Labute approximate surface area is 74.6 Å². The van der Waals surface area contributed by atoms with E-state index in [-0.39, 0.29) is 0 Å². The quantitative estimate of drug-likeness (QED) is 0.684. The van der Waals surface area contributed by atoms with Crippen molar-refractivity contribution in [2.24, 2.45) is 5.92 Å². The zero-order valence-electron chi connectivity index (χ0n) is 7.71. The molecule has 2 rings (SSSR count). The summed E-state index contributed by atoms with van der Waals surface area (Å²) in [7, 11) is 0. The first kappa shape index (κ1) is 8.52. The van der Waals surface area contributed by atoms with Crippen molar-refractivity contribution in [3.05, 3.63) is 0 Å². The average Bonchev–Trinajstić information content (AvgIpc) is 2.81. The fourth-order valence-electron chi connectivity index (χ4n) is 2.15. The molecule has 1 saturated heterocycles. The first-order valence-electron chi connectivity index (χ1n) is 5.25. The Morgan fingerprint density at radius 3 is 2.75 bits per heavy atom. The first-order valence-corrected chi connectivity index (χ1v) is 5.25.